The number of benzene rings is 1. The monoisotopic (exact) mass is 242 g/mol. The normalized spacial score (nSPS) is 12.6. The van der Waals surface area contributed by atoms with E-state index >= 15 is 0 Å². The maximum atomic E-state index is 9.32. The Bertz CT molecular complexity index is 610. The molecule has 0 aliphatic rings. The van der Waals surface area contributed by atoms with Gasteiger partial charge in [-0.25, -0.2) is 0 Å². The van der Waals surface area contributed by atoms with Crippen LogP contribution in [-0.2, 0) is 6.42 Å². The van der Waals surface area contributed by atoms with Gasteiger partial charge in [0, 0.05) is 16.6 Å². The van der Waals surface area contributed by atoms with Crippen LogP contribution >= 0.6 is 0 Å². The number of hydrogen-bond acceptors (Lipinski definition) is 2. The van der Waals surface area contributed by atoms with Gasteiger partial charge in [-0.1, -0.05) is 31.4 Å². The van der Waals surface area contributed by atoms with E-state index in [0.29, 0.717) is 6.42 Å². The first-order chi connectivity index (χ1) is 8.52. The number of H-pyrrole nitrogens is 1. The second kappa shape index (κ2) is 4.70. The number of aliphatic hydroxyl groups excluding tert-OH is 1. The molecule has 0 spiro atoms. The van der Waals surface area contributed by atoms with E-state index < -0.39 is 6.04 Å². The zero-order valence-corrected chi connectivity index (χ0v) is 10.5. The summed E-state index contributed by atoms with van der Waals surface area (Å²) >= 11 is 0. The van der Waals surface area contributed by atoms with Crippen molar-refractivity contribution < 1.29 is 5.11 Å². The van der Waals surface area contributed by atoms with Crippen molar-refractivity contribution in [2.45, 2.75) is 19.4 Å². The Kier molecular flexibility index (Phi) is 3.26. The summed E-state index contributed by atoms with van der Waals surface area (Å²) in [6.45, 7) is 9.25. The van der Waals surface area contributed by atoms with Crippen molar-refractivity contribution in [3.05, 3.63) is 53.9 Å². The third-order valence-electron chi connectivity index (χ3n) is 3.23. The summed E-state index contributed by atoms with van der Waals surface area (Å²) in [6, 6.07) is 5.70. The molecule has 1 atom stereocenters. The van der Waals surface area contributed by atoms with Crippen molar-refractivity contribution in [2.75, 3.05) is 0 Å². The molecule has 1 heterocycles. The van der Waals surface area contributed by atoms with Crippen molar-refractivity contribution in [3.8, 4) is 0 Å². The molecule has 1 aromatic heterocycles. The second-order valence-electron chi connectivity index (χ2n) is 4.54. The molecule has 94 valence electrons. The first-order valence-corrected chi connectivity index (χ1v) is 5.90. The average molecular weight is 242 g/mol. The van der Waals surface area contributed by atoms with Gasteiger partial charge in [0.2, 0.25) is 0 Å². The standard InChI is InChI=1S/C15H18N2O/c1-4-11-5-6-12-13(8-14(16)10(3)18)9(2)17-15(12)7-11/h4-7,14,17-18H,1,3,8,16H2,2H3. The third-order valence-corrected chi connectivity index (χ3v) is 3.23. The second-order valence-corrected chi connectivity index (χ2v) is 4.54. The van der Waals surface area contributed by atoms with Gasteiger partial charge in [0.15, 0.2) is 0 Å². The number of fused-ring (bicyclic) bond motifs is 1. The van der Waals surface area contributed by atoms with Crippen LogP contribution in [0.15, 0.2) is 37.1 Å². The van der Waals surface area contributed by atoms with Crippen LogP contribution in [0.25, 0.3) is 17.0 Å². The molecule has 2 aromatic rings. The Balaban J connectivity index is 2.47. The van der Waals surface area contributed by atoms with Crippen LogP contribution in [-0.4, -0.2) is 16.1 Å². The molecule has 0 aliphatic carbocycles. The fourth-order valence-electron chi connectivity index (χ4n) is 2.14. The van der Waals surface area contributed by atoms with E-state index in [1.54, 1.807) is 0 Å². The van der Waals surface area contributed by atoms with Gasteiger partial charge in [-0.2, -0.15) is 0 Å². The molecule has 3 nitrogen and oxygen atoms in total. The molecule has 4 N–H and O–H groups in total. The molecule has 1 unspecified atom stereocenters. The quantitative estimate of drug-likeness (QED) is 0.721. The Labute approximate surface area is 107 Å². The Morgan fingerprint density at radius 2 is 2.28 bits per heavy atom. The fourth-order valence-corrected chi connectivity index (χ4v) is 2.14. The third kappa shape index (κ3) is 2.17. The molecule has 0 amide bonds. The number of hydrogen-bond donors (Lipinski definition) is 3. The van der Waals surface area contributed by atoms with E-state index in [4.69, 9.17) is 5.73 Å². The lowest BCUT2D eigenvalue weighted by molar-refractivity contribution is 0.368. The van der Waals surface area contributed by atoms with Crippen LogP contribution in [0.3, 0.4) is 0 Å². The molecular formula is C15H18N2O. The predicted molar refractivity (Wildman–Crippen MR) is 76.6 cm³/mol. The fraction of sp³-hybridized carbons (Fsp3) is 0.200. The van der Waals surface area contributed by atoms with E-state index in [-0.39, 0.29) is 5.76 Å². The SMILES string of the molecule is C=Cc1ccc2c(CC(N)C(=C)O)c(C)[nH]c2c1. The minimum absolute atomic E-state index is 0.0199. The van der Waals surface area contributed by atoms with Crippen LogP contribution < -0.4 is 5.73 Å². The van der Waals surface area contributed by atoms with Crippen molar-refractivity contribution in [2.24, 2.45) is 5.73 Å². The van der Waals surface area contributed by atoms with Crippen LogP contribution in [0.4, 0.5) is 0 Å². The van der Waals surface area contributed by atoms with Gasteiger partial charge in [-0.3, -0.25) is 0 Å². The highest BCUT2D eigenvalue weighted by atomic mass is 16.3. The number of nitrogens with one attached hydrogen (secondary N) is 1. The van der Waals surface area contributed by atoms with E-state index in [1.165, 1.54) is 0 Å². The number of nitrogens with two attached hydrogens (primary N) is 1. The summed E-state index contributed by atoms with van der Waals surface area (Å²) < 4.78 is 0. The Morgan fingerprint density at radius 3 is 2.89 bits per heavy atom. The smallest absolute Gasteiger partial charge is 0.102 e. The van der Waals surface area contributed by atoms with Crippen molar-refractivity contribution in [3.63, 3.8) is 0 Å². The topological polar surface area (TPSA) is 62.0 Å². The van der Waals surface area contributed by atoms with Gasteiger partial charge >= 0.3 is 0 Å². The predicted octanol–water partition coefficient (Wildman–Crippen LogP) is 3.06. The van der Waals surface area contributed by atoms with Gasteiger partial charge in [0.05, 0.1) is 6.04 Å². The summed E-state index contributed by atoms with van der Waals surface area (Å²) in [4.78, 5) is 3.33. The summed E-state index contributed by atoms with van der Waals surface area (Å²) in [5.41, 5.74) is 10.2. The molecule has 2 rings (SSSR count). The molecule has 0 bridgehead atoms. The molecule has 3 heteroatoms. The lowest BCUT2D eigenvalue weighted by Crippen LogP contribution is -2.24. The van der Waals surface area contributed by atoms with E-state index in [2.05, 4.69) is 30.3 Å². The van der Waals surface area contributed by atoms with Gasteiger partial charge in [0.25, 0.3) is 0 Å². The zero-order chi connectivity index (χ0) is 13.3. The first kappa shape index (κ1) is 12.5. The first-order valence-electron chi connectivity index (χ1n) is 5.90. The molecule has 18 heavy (non-hydrogen) atoms. The van der Waals surface area contributed by atoms with E-state index in [9.17, 15) is 5.11 Å². The number of aryl methyl sites for hydroxylation is 1. The highest BCUT2D eigenvalue weighted by molar-refractivity contribution is 5.86. The number of rotatable bonds is 4. The van der Waals surface area contributed by atoms with Gasteiger partial charge in [-0.15, -0.1) is 0 Å². The zero-order valence-electron chi connectivity index (χ0n) is 10.5. The molecule has 1 aromatic carbocycles. The Morgan fingerprint density at radius 1 is 1.56 bits per heavy atom. The lowest BCUT2D eigenvalue weighted by atomic mass is 10.0. The van der Waals surface area contributed by atoms with Crippen molar-refractivity contribution >= 4 is 17.0 Å². The molecule has 0 saturated carbocycles. The maximum absolute atomic E-state index is 9.32. The van der Waals surface area contributed by atoms with Crippen LogP contribution in [0.1, 0.15) is 16.8 Å². The lowest BCUT2D eigenvalue weighted by Gasteiger charge is -2.09. The van der Waals surface area contributed by atoms with Crippen LogP contribution in [0.2, 0.25) is 0 Å². The van der Waals surface area contributed by atoms with Gasteiger partial charge in [-0.05, 0) is 30.5 Å². The van der Waals surface area contributed by atoms with Crippen molar-refractivity contribution in [1.82, 2.24) is 4.98 Å². The van der Waals surface area contributed by atoms with Crippen LogP contribution in [0, 0.1) is 6.92 Å². The van der Waals surface area contributed by atoms with Crippen LogP contribution in [0.5, 0.6) is 0 Å². The molecule has 0 aliphatic heterocycles. The molecule has 0 saturated heterocycles. The maximum Gasteiger partial charge on any atom is 0.102 e. The summed E-state index contributed by atoms with van der Waals surface area (Å²) in [6.07, 6.45) is 2.39. The summed E-state index contributed by atoms with van der Waals surface area (Å²) in [5, 5.41) is 10.5. The largest absolute Gasteiger partial charge is 0.511 e. The number of aromatic nitrogens is 1. The minimum atomic E-state index is -0.429. The average Bonchev–Trinajstić information content (AvgIpc) is 2.64. The highest BCUT2D eigenvalue weighted by Crippen LogP contribution is 2.25. The van der Waals surface area contributed by atoms with E-state index in [0.717, 1.165) is 27.7 Å². The van der Waals surface area contributed by atoms with Gasteiger partial charge < -0.3 is 15.8 Å². The minimum Gasteiger partial charge on any atom is -0.511 e. The van der Waals surface area contributed by atoms with E-state index in [1.807, 2.05) is 19.1 Å². The summed E-state index contributed by atoms with van der Waals surface area (Å²) in [7, 11) is 0. The van der Waals surface area contributed by atoms with Crippen molar-refractivity contribution in [1.29, 1.82) is 0 Å². The highest BCUT2D eigenvalue weighted by Gasteiger charge is 2.13. The van der Waals surface area contributed by atoms with Gasteiger partial charge in [0.1, 0.15) is 5.76 Å². The molecule has 0 radical (unpaired) electrons. The summed E-state index contributed by atoms with van der Waals surface area (Å²) in [5.74, 6) is 0.0199. The Hall–Kier alpha value is -2.00. The number of aliphatic hydroxyl groups is 1. The molecule has 0 fully saturated rings. The number of aromatic amines is 1. The molecular weight excluding hydrogens is 224 g/mol.